The zero-order chi connectivity index (χ0) is 16.3. The summed E-state index contributed by atoms with van der Waals surface area (Å²) in [6.45, 7) is 1.56. The van der Waals surface area contributed by atoms with Gasteiger partial charge in [0.05, 0.1) is 19.6 Å². The predicted molar refractivity (Wildman–Crippen MR) is 95.9 cm³/mol. The first kappa shape index (κ1) is 20.0. The van der Waals surface area contributed by atoms with Crippen LogP contribution in [0.15, 0.2) is 54.6 Å². The maximum absolute atomic E-state index is 11.8. The summed E-state index contributed by atoms with van der Waals surface area (Å²) < 4.78 is 5.52. The first-order valence-electron chi connectivity index (χ1n) is 7.64. The van der Waals surface area contributed by atoms with E-state index in [2.05, 4.69) is 5.48 Å². The summed E-state index contributed by atoms with van der Waals surface area (Å²) in [5, 5.41) is 0. The van der Waals surface area contributed by atoms with Crippen molar-refractivity contribution >= 4 is 18.3 Å². The van der Waals surface area contributed by atoms with Crippen molar-refractivity contribution < 1.29 is 14.4 Å². The molecular weight excluding hydrogens is 328 g/mol. The molecule has 130 valence electrons. The van der Waals surface area contributed by atoms with Gasteiger partial charge in [-0.3, -0.25) is 9.63 Å². The number of nitrogens with one attached hydrogen (secondary N) is 1. The maximum Gasteiger partial charge on any atom is 0.247 e. The fourth-order valence-corrected chi connectivity index (χ4v) is 1.97. The number of hydroxylamine groups is 1. The lowest BCUT2D eigenvalue weighted by Crippen LogP contribution is -2.25. The molecule has 2 rings (SSSR count). The Morgan fingerprint density at radius 1 is 1.00 bits per heavy atom. The van der Waals surface area contributed by atoms with Gasteiger partial charge in [0.15, 0.2) is 0 Å². The Hall–Kier alpha value is -2.08. The van der Waals surface area contributed by atoms with E-state index in [9.17, 15) is 4.79 Å². The van der Waals surface area contributed by atoms with Crippen molar-refractivity contribution in [2.24, 2.45) is 5.73 Å². The van der Waals surface area contributed by atoms with E-state index < -0.39 is 0 Å². The first-order chi connectivity index (χ1) is 11.3. The Bertz CT molecular complexity index is 591. The Balaban J connectivity index is 0.00000288. The predicted octanol–water partition coefficient (Wildman–Crippen LogP) is 2.63. The van der Waals surface area contributed by atoms with Crippen molar-refractivity contribution in [3.8, 4) is 5.75 Å². The average molecular weight is 351 g/mol. The number of carbonyl (C=O) groups is 1. The Kier molecular flexibility index (Phi) is 9.53. The van der Waals surface area contributed by atoms with Crippen molar-refractivity contribution in [3.05, 3.63) is 65.7 Å². The molecule has 6 heteroatoms. The number of amides is 1. The molecule has 0 saturated heterocycles. The van der Waals surface area contributed by atoms with Crippen molar-refractivity contribution in [2.75, 3.05) is 13.2 Å². The van der Waals surface area contributed by atoms with Crippen LogP contribution in [-0.4, -0.2) is 19.1 Å². The number of hydrogen-bond acceptors (Lipinski definition) is 4. The van der Waals surface area contributed by atoms with Gasteiger partial charge in [0.2, 0.25) is 5.91 Å². The van der Waals surface area contributed by atoms with E-state index in [0.29, 0.717) is 19.8 Å². The van der Waals surface area contributed by atoms with Crippen molar-refractivity contribution in [1.29, 1.82) is 0 Å². The normalized spacial score (nSPS) is 9.88. The Morgan fingerprint density at radius 3 is 2.38 bits per heavy atom. The second-order valence-electron chi connectivity index (χ2n) is 5.11. The first-order valence-corrected chi connectivity index (χ1v) is 7.64. The van der Waals surface area contributed by atoms with Gasteiger partial charge < -0.3 is 10.5 Å². The van der Waals surface area contributed by atoms with Crippen LogP contribution in [0.5, 0.6) is 5.75 Å². The smallest absolute Gasteiger partial charge is 0.247 e. The summed E-state index contributed by atoms with van der Waals surface area (Å²) in [7, 11) is 0. The highest BCUT2D eigenvalue weighted by Gasteiger charge is 2.04. The van der Waals surface area contributed by atoms with Crippen LogP contribution < -0.4 is 16.0 Å². The third kappa shape index (κ3) is 7.46. The molecular formula is C18H23ClN2O3. The van der Waals surface area contributed by atoms with Crippen LogP contribution in [0.4, 0.5) is 0 Å². The van der Waals surface area contributed by atoms with Gasteiger partial charge in [-0.25, -0.2) is 5.48 Å². The van der Waals surface area contributed by atoms with Gasteiger partial charge in [0, 0.05) is 0 Å². The highest BCUT2D eigenvalue weighted by Crippen LogP contribution is 2.12. The van der Waals surface area contributed by atoms with Crippen molar-refractivity contribution in [2.45, 2.75) is 19.4 Å². The number of ether oxygens (including phenoxy) is 1. The molecule has 24 heavy (non-hydrogen) atoms. The van der Waals surface area contributed by atoms with E-state index in [4.69, 9.17) is 15.3 Å². The zero-order valence-electron chi connectivity index (χ0n) is 13.4. The van der Waals surface area contributed by atoms with Crippen LogP contribution in [-0.2, 0) is 22.7 Å². The second kappa shape index (κ2) is 11.5. The third-order valence-electron chi connectivity index (χ3n) is 3.17. The summed E-state index contributed by atoms with van der Waals surface area (Å²) in [6.07, 6.45) is 1.08. The number of rotatable bonds is 9. The molecule has 0 fully saturated rings. The van der Waals surface area contributed by atoms with Crippen LogP contribution in [0.3, 0.4) is 0 Å². The number of benzene rings is 2. The van der Waals surface area contributed by atoms with Crippen LogP contribution in [0.1, 0.15) is 17.5 Å². The molecule has 1 amide bonds. The van der Waals surface area contributed by atoms with Crippen LogP contribution in [0.25, 0.3) is 0 Å². The molecule has 2 aromatic rings. The minimum absolute atomic E-state index is 0. The minimum atomic E-state index is -0.183. The molecule has 5 nitrogen and oxygen atoms in total. The summed E-state index contributed by atoms with van der Waals surface area (Å²) in [6, 6.07) is 17.1. The summed E-state index contributed by atoms with van der Waals surface area (Å²) in [5.41, 5.74) is 9.77. The molecule has 0 aliphatic carbocycles. The number of carbonyl (C=O) groups excluding carboxylic acids is 1. The number of nitrogens with two attached hydrogens (primary N) is 1. The summed E-state index contributed by atoms with van der Waals surface area (Å²) in [5.74, 6) is 0.598. The van der Waals surface area contributed by atoms with Gasteiger partial charge >= 0.3 is 0 Å². The lowest BCUT2D eigenvalue weighted by Gasteiger charge is -2.08. The molecule has 0 aliphatic rings. The van der Waals surface area contributed by atoms with E-state index >= 15 is 0 Å². The SMILES string of the molecule is Cl.NCCCOc1ccc(CC(=O)NOCc2ccccc2)cc1. The largest absolute Gasteiger partial charge is 0.494 e. The molecule has 0 radical (unpaired) electrons. The minimum Gasteiger partial charge on any atom is -0.494 e. The standard InChI is InChI=1S/C18H22N2O3.ClH/c19-11-4-12-22-17-9-7-15(8-10-17)13-18(21)20-23-14-16-5-2-1-3-6-16;/h1-3,5-10H,4,11-14,19H2,(H,20,21);1H. The quantitative estimate of drug-likeness (QED) is 0.538. The lowest BCUT2D eigenvalue weighted by molar-refractivity contribution is -0.133. The molecule has 0 aromatic heterocycles. The van der Waals surface area contributed by atoms with Crippen molar-refractivity contribution in [3.63, 3.8) is 0 Å². The second-order valence-corrected chi connectivity index (χ2v) is 5.11. The summed E-state index contributed by atoms with van der Waals surface area (Å²) in [4.78, 5) is 17.0. The van der Waals surface area contributed by atoms with E-state index in [0.717, 1.165) is 23.3 Å². The maximum atomic E-state index is 11.8. The van der Waals surface area contributed by atoms with Crippen LogP contribution in [0, 0.1) is 0 Å². The van der Waals surface area contributed by atoms with Gasteiger partial charge in [-0.1, -0.05) is 42.5 Å². The van der Waals surface area contributed by atoms with Crippen molar-refractivity contribution in [1.82, 2.24) is 5.48 Å². The highest BCUT2D eigenvalue weighted by atomic mass is 35.5. The topological polar surface area (TPSA) is 73.6 Å². The molecule has 0 bridgehead atoms. The van der Waals surface area contributed by atoms with Gasteiger partial charge in [0.25, 0.3) is 0 Å². The fraction of sp³-hybridized carbons (Fsp3) is 0.278. The molecule has 2 aromatic carbocycles. The van der Waals surface area contributed by atoms with E-state index in [1.165, 1.54) is 0 Å². The van der Waals surface area contributed by atoms with E-state index in [1.54, 1.807) is 0 Å². The number of halogens is 1. The van der Waals surface area contributed by atoms with E-state index in [1.807, 2.05) is 54.6 Å². The molecule has 0 unspecified atom stereocenters. The molecule has 0 aliphatic heterocycles. The number of hydrogen-bond donors (Lipinski definition) is 2. The molecule has 0 spiro atoms. The van der Waals surface area contributed by atoms with Crippen LogP contribution in [0.2, 0.25) is 0 Å². The van der Waals surface area contributed by atoms with Gasteiger partial charge in [-0.05, 0) is 36.2 Å². The highest BCUT2D eigenvalue weighted by molar-refractivity contribution is 5.85. The lowest BCUT2D eigenvalue weighted by atomic mass is 10.1. The third-order valence-corrected chi connectivity index (χ3v) is 3.17. The van der Waals surface area contributed by atoms with Gasteiger partial charge in [-0.2, -0.15) is 0 Å². The monoisotopic (exact) mass is 350 g/mol. The molecule has 0 heterocycles. The fourth-order valence-electron chi connectivity index (χ4n) is 1.97. The Labute approximate surface area is 148 Å². The molecule has 0 saturated carbocycles. The Morgan fingerprint density at radius 2 is 1.71 bits per heavy atom. The molecule has 3 N–H and O–H groups in total. The van der Waals surface area contributed by atoms with Gasteiger partial charge in [0.1, 0.15) is 5.75 Å². The van der Waals surface area contributed by atoms with Gasteiger partial charge in [-0.15, -0.1) is 12.4 Å². The zero-order valence-corrected chi connectivity index (χ0v) is 14.3. The average Bonchev–Trinajstić information content (AvgIpc) is 2.58. The molecule has 0 atom stereocenters. The van der Waals surface area contributed by atoms with Crippen LogP contribution >= 0.6 is 12.4 Å². The van der Waals surface area contributed by atoms with E-state index in [-0.39, 0.29) is 24.7 Å². The summed E-state index contributed by atoms with van der Waals surface area (Å²) >= 11 is 0.